The molecule has 2 saturated heterocycles. The van der Waals surface area contributed by atoms with Crippen LogP contribution in [-0.2, 0) is 14.8 Å². The van der Waals surface area contributed by atoms with Gasteiger partial charge in [-0.25, -0.2) is 8.42 Å². The Hall–Kier alpha value is -1.45. The molecule has 9 heteroatoms. The number of amides is 1. The van der Waals surface area contributed by atoms with Gasteiger partial charge in [0.05, 0.1) is 10.9 Å². The van der Waals surface area contributed by atoms with Crippen LogP contribution in [0.15, 0.2) is 46.7 Å². The second kappa shape index (κ2) is 10.0. The zero-order valence-electron chi connectivity index (χ0n) is 17.4. The third-order valence-electron chi connectivity index (χ3n) is 6.20. The summed E-state index contributed by atoms with van der Waals surface area (Å²) in [6.45, 7) is 3.44. The van der Waals surface area contributed by atoms with Gasteiger partial charge in [-0.1, -0.05) is 17.7 Å². The summed E-state index contributed by atoms with van der Waals surface area (Å²) in [4.78, 5) is 16.8. The summed E-state index contributed by atoms with van der Waals surface area (Å²) in [5.41, 5.74) is 0. The number of thiophene rings is 1. The number of piperidine rings is 1. The molecule has 31 heavy (non-hydrogen) atoms. The first-order valence-electron chi connectivity index (χ1n) is 10.8. The lowest BCUT2D eigenvalue weighted by Gasteiger charge is -2.32. The van der Waals surface area contributed by atoms with Crippen LogP contribution in [0.1, 0.15) is 36.6 Å². The van der Waals surface area contributed by atoms with Crippen LogP contribution in [0.5, 0.6) is 0 Å². The first-order chi connectivity index (χ1) is 14.9. The Balaban J connectivity index is 1.32. The van der Waals surface area contributed by atoms with Gasteiger partial charge < -0.3 is 5.32 Å². The van der Waals surface area contributed by atoms with Crippen LogP contribution in [0, 0.1) is 5.92 Å². The number of hydrogen-bond donors (Lipinski definition) is 1. The molecule has 2 aliphatic rings. The van der Waals surface area contributed by atoms with Gasteiger partial charge in [-0.3, -0.25) is 9.69 Å². The molecular weight excluding hydrogens is 454 g/mol. The Kier molecular flexibility index (Phi) is 7.33. The zero-order valence-corrected chi connectivity index (χ0v) is 19.8. The average Bonchev–Trinajstić information content (AvgIpc) is 3.49. The van der Waals surface area contributed by atoms with Gasteiger partial charge in [-0.2, -0.15) is 4.31 Å². The molecule has 1 unspecified atom stereocenters. The van der Waals surface area contributed by atoms with E-state index in [2.05, 4.69) is 27.7 Å². The van der Waals surface area contributed by atoms with Gasteiger partial charge in [-0.15, -0.1) is 11.3 Å². The SMILES string of the molecule is O=C(NCC(c1cccs1)N1CCCC1)C1CCN(S(=O)(=O)c2ccc(Cl)cc2)CC1. The van der Waals surface area contributed by atoms with E-state index in [0.717, 1.165) is 13.1 Å². The third kappa shape index (κ3) is 5.31. The van der Waals surface area contributed by atoms with E-state index in [9.17, 15) is 13.2 Å². The number of nitrogens with one attached hydrogen (secondary N) is 1. The molecule has 0 spiro atoms. The highest BCUT2D eigenvalue weighted by molar-refractivity contribution is 7.89. The van der Waals surface area contributed by atoms with Crippen molar-refractivity contribution in [2.24, 2.45) is 5.92 Å². The number of likely N-dealkylation sites (tertiary alicyclic amines) is 1. The lowest BCUT2D eigenvalue weighted by molar-refractivity contribution is -0.126. The molecule has 0 bridgehead atoms. The molecule has 4 rings (SSSR count). The fourth-order valence-electron chi connectivity index (χ4n) is 4.40. The van der Waals surface area contributed by atoms with E-state index in [0.29, 0.717) is 37.5 Å². The third-order valence-corrected chi connectivity index (χ3v) is 9.34. The zero-order chi connectivity index (χ0) is 21.8. The van der Waals surface area contributed by atoms with Gasteiger partial charge in [0.15, 0.2) is 0 Å². The minimum absolute atomic E-state index is 0.0318. The minimum Gasteiger partial charge on any atom is -0.354 e. The first-order valence-corrected chi connectivity index (χ1v) is 13.5. The molecule has 0 saturated carbocycles. The highest BCUT2D eigenvalue weighted by Crippen LogP contribution is 2.29. The maximum Gasteiger partial charge on any atom is 0.243 e. The second-order valence-corrected chi connectivity index (χ2v) is 11.5. The Morgan fingerprint density at radius 3 is 2.39 bits per heavy atom. The number of carbonyl (C=O) groups excluding carboxylic acids is 1. The van der Waals surface area contributed by atoms with Crippen LogP contribution in [0.25, 0.3) is 0 Å². The molecule has 0 aliphatic carbocycles. The molecular formula is C22H28ClN3O3S2. The average molecular weight is 482 g/mol. The molecule has 1 atom stereocenters. The predicted octanol–water partition coefficient (Wildman–Crippen LogP) is 3.76. The summed E-state index contributed by atoms with van der Waals surface area (Å²) >= 11 is 7.60. The normalized spacial score (nSPS) is 20.0. The van der Waals surface area contributed by atoms with Gasteiger partial charge in [0, 0.05) is 35.5 Å². The lowest BCUT2D eigenvalue weighted by atomic mass is 9.97. The Morgan fingerprint density at radius 2 is 1.77 bits per heavy atom. The van der Waals surface area contributed by atoms with E-state index in [-0.39, 0.29) is 22.8 Å². The number of halogens is 1. The van der Waals surface area contributed by atoms with Crippen molar-refractivity contribution in [3.63, 3.8) is 0 Å². The molecule has 0 radical (unpaired) electrons. The van der Waals surface area contributed by atoms with Crippen LogP contribution in [0.4, 0.5) is 0 Å². The highest BCUT2D eigenvalue weighted by Gasteiger charge is 2.33. The van der Waals surface area contributed by atoms with Crippen molar-refractivity contribution in [1.82, 2.24) is 14.5 Å². The van der Waals surface area contributed by atoms with Gasteiger partial charge >= 0.3 is 0 Å². The molecule has 6 nitrogen and oxygen atoms in total. The topological polar surface area (TPSA) is 69.7 Å². The van der Waals surface area contributed by atoms with Crippen LogP contribution in [-0.4, -0.2) is 56.3 Å². The number of hydrogen-bond acceptors (Lipinski definition) is 5. The van der Waals surface area contributed by atoms with Crippen LogP contribution >= 0.6 is 22.9 Å². The predicted molar refractivity (Wildman–Crippen MR) is 124 cm³/mol. The lowest BCUT2D eigenvalue weighted by Crippen LogP contribution is -2.44. The maximum atomic E-state index is 12.8. The molecule has 3 heterocycles. The summed E-state index contributed by atoms with van der Waals surface area (Å²) < 4.78 is 27.2. The van der Waals surface area contributed by atoms with Crippen molar-refractivity contribution in [1.29, 1.82) is 0 Å². The molecule has 1 amide bonds. The van der Waals surface area contributed by atoms with E-state index >= 15 is 0 Å². The van der Waals surface area contributed by atoms with E-state index in [4.69, 9.17) is 11.6 Å². The first kappa shape index (κ1) is 22.7. The summed E-state index contributed by atoms with van der Waals surface area (Å²) in [6, 6.07) is 10.6. The standard InChI is InChI=1S/C22H28ClN3O3S2/c23-18-5-7-19(8-6-18)31(28,29)26-13-9-17(10-14-26)22(27)24-16-20(21-4-3-15-30-21)25-11-1-2-12-25/h3-8,15,17,20H,1-2,9-14,16H2,(H,24,27). The largest absolute Gasteiger partial charge is 0.354 e. The number of rotatable bonds is 7. The van der Waals surface area contributed by atoms with Crippen molar-refractivity contribution in [2.45, 2.75) is 36.6 Å². The van der Waals surface area contributed by atoms with E-state index in [1.165, 1.54) is 34.2 Å². The van der Waals surface area contributed by atoms with Crippen molar-refractivity contribution >= 4 is 38.9 Å². The Labute approximate surface area is 193 Å². The summed E-state index contributed by atoms with van der Waals surface area (Å²) in [6.07, 6.45) is 3.48. The number of sulfonamides is 1. The molecule has 1 aromatic heterocycles. The van der Waals surface area contributed by atoms with E-state index in [1.54, 1.807) is 23.5 Å². The molecule has 2 aliphatic heterocycles. The van der Waals surface area contributed by atoms with Gasteiger partial charge in [0.25, 0.3) is 0 Å². The molecule has 2 aromatic rings. The minimum atomic E-state index is -3.56. The maximum absolute atomic E-state index is 12.8. The van der Waals surface area contributed by atoms with Gasteiger partial charge in [0.2, 0.25) is 15.9 Å². The Bertz CT molecular complexity index is 966. The smallest absolute Gasteiger partial charge is 0.243 e. The Morgan fingerprint density at radius 1 is 1.10 bits per heavy atom. The van der Waals surface area contributed by atoms with E-state index in [1.807, 2.05) is 0 Å². The molecule has 1 N–H and O–H groups in total. The van der Waals surface area contributed by atoms with Crippen molar-refractivity contribution in [2.75, 3.05) is 32.7 Å². The second-order valence-electron chi connectivity index (χ2n) is 8.15. The quantitative estimate of drug-likeness (QED) is 0.653. The van der Waals surface area contributed by atoms with Gasteiger partial charge in [-0.05, 0) is 74.5 Å². The van der Waals surface area contributed by atoms with Crippen LogP contribution in [0.3, 0.4) is 0 Å². The van der Waals surface area contributed by atoms with Crippen LogP contribution in [0.2, 0.25) is 5.02 Å². The fourth-order valence-corrected chi connectivity index (χ4v) is 6.86. The molecule has 1 aromatic carbocycles. The molecule has 2 fully saturated rings. The van der Waals surface area contributed by atoms with Crippen LogP contribution < -0.4 is 5.32 Å². The summed E-state index contributed by atoms with van der Waals surface area (Å²) in [5.74, 6) is -0.122. The van der Waals surface area contributed by atoms with Gasteiger partial charge in [0.1, 0.15) is 0 Å². The number of benzene rings is 1. The number of nitrogens with zero attached hydrogens (tertiary/aromatic N) is 2. The summed E-state index contributed by atoms with van der Waals surface area (Å²) in [7, 11) is -3.56. The van der Waals surface area contributed by atoms with E-state index < -0.39 is 10.0 Å². The molecule has 168 valence electrons. The monoisotopic (exact) mass is 481 g/mol. The van der Waals surface area contributed by atoms with Crippen molar-refractivity contribution in [3.05, 3.63) is 51.7 Å². The number of carbonyl (C=O) groups is 1. The highest BCUT2D eigenvalue weighted by atomic mass is 35.5. The van der Waals surface area contributed by atoms with Crippen molar-refractivity contribution < 1.29 is 13.2 Å². The van der Waals surface area contributed by atoms with Crippen molar-refractivity contribution in [3.8, 4) is 0 Å². The summed E-state index contributed by atoms with van der Waals surface area (Å²) in [5, 5.41) is 5.74. The fraction of sp³-hybridized carbons (Fsp3) is 0.500.